The minimum absolute atomic E-state index is 0.118. The minimum atomic E-state index is -0.816. The lowest BCUT2D eigenvalue weighted by Crippen LogP contribution is -2.43. The van der Waals surface area contributed by atoms with Crippen LogP contribution >= 0.6 is 0 Å². The SMILES string of the molecule is O=C(O)CCN1CCC(CN=C2CC2c2ccccc2)(Cc2cccc(F)c2F)CC1. The Hall–Kier alpha value is -2.60. The molecule has 0 amide bonds. The van der Waals surface area contributed by atoms with E-state index in [1.165, 1.54) is 11.3 Å². The number of piperidine rings is 1. The number of likely N-dealkylation sites (tertiary alicyclic amines) is 1. The fourth-order valence-electron chi connectivity index (χ4n) is 4.57. The van der Waals surface area contributed by atoms with Crippen molar-refractivity contribution < 1.29 is 18.7 Å². The molecule has 0 bridgehead atoms. The van der Waals surface area contributed by atoms with E-state index in [1.54, 1.807) is 12.1 Å². The molecule has 1 aliphatic carbocycles. The number of aliphatic carboxylic acids is 1. The Labute approximate surface area is 181 Å². The van der Waals surface area contributed by atoms with Gasteiger partial charge in [-0.05, 0) is 61.4 Å². The zero-order valence-corrected chi connectivity index (χ0v) is 17.6. The maximum atomic E-state index is 14.4. The largest absolute Gasteiger partial charge is 0.481 e. The molecule has 4 rings (SSSR count). The molecule has 0 aromatic heterocycles. The standard InChI is InChI=1S/C25H28F2N2O2/c26-21-8-4-7-19(24(21)27)16-25(10-13-29(14-11-25)12-9-23(30)31)17-28-22-15-20(22)18-5-2-1-3-6-18/h1-8,20H,9-17H2,(H,30,31). The Bertz CT molecular complexity index is 953. The summed E-state index contributed by atoms with van der Waals surface area (Å²) in [4.78, 5) is 18.0. The average Bonchev–Trinajstić information content (AvgIpc) is 3.56. The first-order valence-electron chi connectivity index (χ1n) is 10.9. The zero-order valence-electron chi connectivity index (χ0n) is 17.6. The van der Waals surface area contributed by atoms with Crippen molar-refractivity contribution in [3.8, 4) is 0 Å². The summed E-state index contributed by atoms with van der Waals surface area (Å²) >= 11 is 0. The van der Waals surface area contributed by atoms with Crippen LogP contribution in [-0.4, -0.2) is 47.9 Å². The van der Waals surface area contributed by atoms with Gasteiger partial charge in [-0.1, -0.05) is 42.5 Å². The molecule has 164 valence electrons. The molecule has 2 fully saturated rings. The summed E-state index contributed by atoms with van der Waals surface area (Å²) in [7, 11) is 0. The molecule has 2 aliphatic rings. The highest BCUT2D eigenvalue weighted by Gasteiger charge is 2.38. The Balaban J connectivity index is 1.48. The molecule has 1 saturated carbocycles. The molecule has 0 spiro atoms. The van der Waals surface area contributed by atoms with Crippen molar-refractivity contribution in [1.29, 1.82) is 0 Å². The van der Waals surface area contributed by atoms with Gasteiger partial charge in [0.15, 0.2) is 11.6 Å². The van der Waals surface area contributed by atoms with Crippen molar-refractivity contribution >= 4 is 11.7 Å². The number of halogens is 2. The summed E-state index contributed by atoms with van der Waals surface area (Å²) in [6.07, 6.45) is 3.09. The predicted molar refractivity (Wildman–Crippen MR) is 117 cm³/mol. The van der Waals surface area contributed by atoms with Crippen LogP contribution in [-0.2, 0) is 11.2 Å². The molecule has 1 atom stereocenters. The van der Waals surface area contributed by atoms with Gasteiger partial charge in [0, 0.05) is 24.7 Å². The highest BCUT2D eigenvalue weighted by atomic mass is 19.2. The van der Waals surface area contributed by atoms with Gasteiger partial charge in [0.25, 0.3) is 0 Å². The first kappa shape index (κ1) is 21.6. The molecule has 1 N–H and O–H groups in total. The molecule has 4 nitrogen and oxygen atoms in total. The second kappa shape index (κ2) is 9.27. The lowest BCUT2D eigenvalue weighted by atomic mass is 9.73. The maximum Gasteiger partial charge on any atom is 0.304 e. The molecule has 2 aromatic rings. The van der Waals surface area contributed by atoms with Crippen LogP contribution in [0, 0.1) is 17.0 Å². The minimum Gasteiger partial charge on any atom is -0.481 e. The molecule has 0 radical (unpaired) electrons. The van der Waals surface area contributed by atoms with Crippen LogP contribution in [0.5, 0.6) is 0 Å². The van der Waals surface area contributed by atoms with Crippen LogP contribution in [0.2, 0.25) is 0 Å². The second-order valence-corrected chi connectivity index (χ2v) is 8.85. The number of carboxylic acid groups (broad SMARTS) is 1. The smallest absolute Gasteiger partial charge is 0.304 e. The Morgan fingerprint density at radius 3 is 2.55 bits per heavy atom. The number of benzene rings is 2. The molecule has 2 aromatic carbocycles. The molecule has 31 heavy (non-hydrogen) atoms. The van der Waals surface area contributed by atoms with E-state index in [-0.39, 0.29) is 11.8 Å². The summed E-state index contributed by atoms with van der Waals surface area (Å²) in [5.41, 5.74) is 2.61. The molecule has 1 aliphatic heterocycles. The van der Waals surface area contributed by atoms with Gasteiger partial charge >= 0.3 is 5.97 Å². The number of aliphatic imine (C=N–C) groups is 1. The number of carboxylic acids is 1. The van der Waals surface area contributed by atoms with Crippen LogP contribution in [0.1, 0.15) is 42.7 Å². The summed E-state index contributed by atoms with van der Waals surface area (Å²) in [5, 5.41) is 8.95. The maximum absolute atomic E-state index is 14.4. The number of nitrogens with zero attached hydrogens (tertiary/aromatic N) is 2. The van der Waals surface area contributed by atoms with Crippen LogP contribution in [0.4, 0.5) is 8.78 Å². The molecule has 1 unspecified atom stereocenters. The third-order valence-electron chi connectivity index (χ3n) is 6.63. The third kappa shape index (κ3) is 5.37. The molecular weight excluding hydrogens is 398 g/mol. The predicted octanol–water partition coefficient (Wildman–Crippen LogP) is 4.69. The summed E-state index contributed by atoms with van der Waals surface area (Å²) in [6, 6.07) is 14.7. The molecule has 1 heterocycles. The van der Waals surface area contributed by atoms with Crippen LogP contribution < -0.4 is 0 Å². The van der Waals surface area contributed by atoms with E-state index in [2.05, 4.69) is 17.0 Å². The zero-order chi connectivity index (χ0) is 21.8. The van der Waals surface area contributed by atoms with Gasteiger partial charge in [-0.3, -0.25) is 9.79 Å². The Morgan fingerprint density at radius 2 is 1.84 bits per heavy atom. The van der Waals surface area contributed by atoms with Crippen molar-refractivity contribution in [2.24, 2.45) is 10.4 Å². The Kier molecular flexibility index (Phi) is 6.46. The first-order chi connectivity index (χ1) is 15.0. The van der Waals surface area contributed by atoms with Gasteiger partial charge in [-0.15, -0.1) is 0 Å². The quantitative estimate of drug-likeness (QED) is 0.666. The van der Waals surface area contributed by atoms with Gasteiger partial charge in [0.1, 0.15) is 0 Å². The van der Waals surface area contributed by atoms with E-state index in [0.29, 0.717) is 31.0 Å². The van der Waals surface area contributed by atoms with E-state index in [4.69, 9.17) is 10.1 Å². The summed E-state index contributed by atoms with van der Waals surface area (Å²) < 4.78 is 28.2. The highest BCUT2D eigenvalue weighted by Crippen LogP contribution is 2.41. The molecule has 1 saturated heterocycles. The van der Waals surface area contributed by atoms with Gasteiger partial charge in [-0.2, -0.15) is 0 Å². The van der Waals surface area contributed by atoms with Crippen LogP contribution in [0.15, 0.2) is 53.5 Å². The number of hydrogen-bond acceptors (Lipinski definition) is 3. The van der Waals surface area contributed by atoms with E-state index in [1.807, 2.05) is 18.2 Å². The highest BCUT2D eigenvalue weighted by molar-refractivity contribution is 6.05. The molecular formula is C25H28F2N2O2. The number of hydrogen-bond donors (Lipinski definition) is 1. The summed E-state index contributed by atoms with van der Waals surface area (Å²) in [5.74, 6) is -2.01. The van der Waals surface area contributed by atoms with Crippen molar-refractivity contribution in [3.05, 3.63) is 71.3 Å². The lowest BCUT2D eigenvalue weighted by Gasteiger charge is -2.41. The van der Waals surface area contributed by atoms with Crippen LogP contribution in [0.25, 0.3) is 0 Å². The lowest BCUT2D eigenvalue weighted by molar-refractivity contribution is -0.137. The van der Waals surface area contributed by atoms with E-state index < -0.39 is 17.6 Å². The Morgan fingerprint density at radius 1 is 1.10 bits per heavy atom. The summed E-state index contributed by atoms with van der Waals surface area (Å²) in [6.45, 7) is 2.60. The van der Waals surface area contributed by atoms with Gasteiger partial charge in [0.2, 0.25) is 0 Å². The van der Waals surface area contributed by atoms with E-state index in [0.717, 1.165) is 38.4 Å². The van der Waals surface area contributed by atoms with Crippen LogP contribution in [0.3, 0.4) is 0 Å². The number of carbonyl (C=O) groups is 1. The fourth-order valence-corrected chi connectivity index (χ4v) is 4.57. The van der Waals surface area contributed by atoms with Crippen molar-refractivity contribution in [3.63, 3.8) is 0 Å². The van der Waals surface area contributed by atoms with Crippen molar-refractivity contribution in [2.45, 2.75) is 38.0 Å². The van der Waals surface area contributed by atoms with Gasteiger partial charge < -0.3 is 10.0 Å². The van der Waals surface area contributed by atoms with E-state index in [9.17, 15) is 13.6 Å². The monoisotopic (exact) mass is 426 g/mol. The van der Waals surface area contributed by atoms with Crippen molar-refractivity contribution in [2.75, 3.05) is 26.2 Å². The van der Waals surface area contributed by atoms with E-state index >= 15 is 0 Å². The average molecular weight is 427 g/mol. The molecule has 6 heteroatoms. The number of rotatable bonds is 8. The third-order valence-corrected chi connectivity index (χ3v) is 6.63. The first-order valence-corrected chi connectivity index (χ1v) is 10.9. The van der Waals surface area contributed by atoms with Gasteiger partial charge in [0.05, 0.1) is 6.42 Å². The fraction of sp³-hybridized carbons (Fsp3) is 0.440. The van der Waals surface area contributed by atoms with Gasteiger partial charge in [-0.25, -0.2) is 8.78 Å². The second-order valence-electron chi connectivity index (χ2n) is 8.85. The van der Waals surface area contributed by atoms with Crippen molar-refractivity contribution in [1.82, 2.24) is 4.90 Å². The normalized spacial score (nSPS) is 21.9. The topological polar surface area (TPSA) is 52.9 Å².